The van der Waals surface area contributed by atoms with Gasteiger partial charge >= 0.3 is 5.97 Å². The molecule has 31 heavy (non-hydrogen) atoms. The van der Waals surface area contributed by atoms with E-state index in [4.69, 9.17) is 11.6 Å². The summed E-state index contributed by atoms with van der Waals surface area (Å²) in [4.78, 5) is 27.3. The molecular weight excluding hydrogens is 478 g/mol. The summed E-state index contributed by atoms with van der Waals surface area (Å²) in [5.41, 5.74) is 2.56. The number of carbonyl (C=O) groups is 2. The number of carboxylic acid groups (broad SMARTS) is 1. The second-order valence-corrected chi connectivity index (χ2v) is 8.39. The molecule has 1 atom stereocenters. The van der Waals surface area contributed by atoms with Crippen molar-refractivity contribution in [3.8, 4) is 0 Å². The third-order valence-corrected chi connectivity index (χ3v) is 5.63. The van der Waals surface area contributed by atoms with Crippen LogP contribution in [0.5, 0.6) is 0 Å². The summed E-state index contributed by atoms with van der Waals surface area (Å²) in [6.45, 7) is 3.91. The predicted octanol–water partition coefficient (Wildman–Crippen LogP) is 6.08. The molecule has 3 aromatic rings. The minimum atomic E-state index is -1.07. The average molecular weight is 499 g/mol. The number of hydrogen-bond donors (Lipinski definition) is 1. The van der Waals surface area contributed by atoms with Crippen molar-refractivity contribution in [1.82, 2.24) is 4.90 Å². The first-order chi connectivity index (χ1) is 14.9. The topological polar surface area (TPSA) is 57.6 Å². The first kappa shape index (κ1) is 22.8. The van der Waals surface area contributed by atoms with E-state index in [1.807, 2.05) is 54.6 Å². The van der Waals surface area contributed by atoms with E-state index in [0.29, 0.717) is 16.1 Å². The minimum Gasteiger partial charge on any atom is -0.480 e. The van der Waals surface area contributed by atoms with Crippen molar-refractivity contribution in [2.24, 2.45) is 0 Å². The van der Waals surface area contributed by atoms with Crippen LogP contribution in [0.3, 0.4) is 0 Å². The number of amides is 1. The Hall–Kier alpha value is -2.89. The number of halogens is 2. The van der Waals surface area contributed by atoms with Gasteiger partial charge in [-0.1, -0.05) is 82.7 Å². The van der Waals surface area contributed by atoms with Gasteiger partial charge in [0.2, 0.25) is 0 Å². The Balaban J connectivity index is 2.05. The Labute approximate surface area is 194 Å². The molecule has 0 heterocycles. The Morgan fingerprint density at radius 1 is 1.03 bits per heavy atom. The molecule has 3 aromatic carbocycles. The highest BCUT2D eigenvalue weighted by atomic mass is 79.9. The number of rotatable bonds is 8. The zero-order valence-electron chi connectivity index (χ0n) is 16.7. The molecule has 0 saturated carbocycles. The van der Waals surface area contributed by atoms with Crippen LogP contribution in [0, 0.1) is 0 Å². The maximum absolute atomic E-state index is 13.6. The molecule has 0 bridgehead atoms. The van der Waals surface area contributed by atoms with Gasteiger partial charge in [-0.15, -0.1) is 0 Å². The maximum Gasteiger partial charge on any atom is 0.326 e. The summed E-state index contributed by atoms with van der Waals surface area (Å²) < 4.78 is 0.852. The fourth-order valence-corrected chi connectivity index (χ4v) is 4.00. The van der Waals surface area contributed by atoms with Crippen LogP contribution in [0.15, 0.2) is 83.8 Å². The molecule has 0 spiro atoms. The molecule has 3 rings (SSSR count). The van der Waals surface area contributed by atoms with Crippen LogP contribution in [-0.4, -0.2) is 27.9 Å². The third-order valence-electron chi connectivity index (χ3n) is 4.90. The number of carboxylic acids is 1. The lowest BCUT2D eigenvalue weighted by Crippen LogP contribution is -2.46. The molecule has 0 unspecified atom stereocenters. The van der Waals surface area contributed by atoms with Crippen molar-refractivity contribution in [3.63, 3.8) is 0 Å². The normalized spacial score (nSPS) is 11.5. The summed E-state index contributed by atoms with van der Waals surface area (Å²) in [6, 6.07) is 20.6. The summed E-state index contributed by atoms with van der Waals surface area (Å²) in [6.07, 6.45) is 1.73. The summed E-state index contributed by atoms with van der Waals surface area (Å²) in [5.74, 6) is -1.46. The van der Waals surface area contributed by atoms with Gasteiger partial charge in [-0.3, -0.25) is 4.79 Å². The van der Waals surface area contributed by atoms with E-state index in [1.54, 1.807) is 24.3 Å². The van der Waals surface area contributed by atoms with Crippen molar-refractivity contribution < 1.29 is 14.7 Å². The highest BCUT2D eigenvalue weighted by Crippen LogP contribution is 2.23. The van der Waals surface area contributed by atoms with E-state index < -0.39 is 17.9 Å². The van der Waals surface area contributed by atoms with E-state index >= 15 is 0 Å². The Bertz CT molecular complexity index is 1100. The third kappa shape index (κ3) is 5.84. The van der Waals surface area contributed by atoms with Crippen molar-refractivity contribution in [2.45, 2.75) is 19.0 Å². The van der Waals surface area contributed by atoms with E-state index in [1.165, 1.54) is 4.90 Å². The lowest BCUT2D eigenvalue weighted by molar-refractivity contribution is -0.142. The molecule has 6 heteroatoms. The predicted molar refractivity (Wildman–Crippen MR) is 127 cm³/mol. The molecule has 0 saturated heterocycles. The second-order valence-electron chi connectivity index (χ2n) is 7.04. The van der Waals surface area contributed by atoms with Gasteiger partial charge in [-0.2, -0.15) is 0 Å². The standard InChI is InChI=1S/C25H21BrClNO3/c1-2-19-15-21(27)11-12-22(19)24(29)28(16-18-9-6-10-20(26)13-18)23(25(30)31)14-17-7-4-3-5-8-17/h2-13,15,23H,1,14,16H2,(H,30,31)/t23-/m0/s1. The number of hydrogen-bond acceptors (Lipinski definition) is 2. The van der Waals surface area contributed by atoms with E-state index in [0.717, 1.165) is 15.6 Å². The number of nitrogens with zero attached hydrogens (tertiary/aromatic N) is 1. The number of benzene rings is 3. The van der Waals surface area contributed by atoms with Crippen molar-refractivity contribution >= 4 is 45.5 Å². The number of carbonyl (C=O) groups excluding carboxylic acids is 1. The molecule has 1 amide bonds. The lowest BCUT2D eigenvalue weighted by atomic mass is 10.0. The van der Waals surface area contributed by atoms with Gasteiger partial charge in [-0.25, -0.2) is 4.79 Å². The van der Waals surface area contributed by atoms with Crippen molar-refractivity contribution in [3.05, 3.63) is 111 Å². The molecule has 1 N–H and O–H groups in total. The van der Waals surface area contributed by atoms with Gasteiger partial charge in [-0.05, 0) is 47.0 Å². The first-order valence-electron chi connectivity index (χ1n) is 9.63. The molecule has 4 nitrogen and oxygen atoms in total. The maximum atomic E-state index is 13.6. The molecule has 0 radical (unpaired) electrons. The lowest BCUT2D eigenvalue weighted by Gasteiger charge is -2.30. The van der Waals surface area contributed by atoms with Gasteiger partial charge in [0.1, 0.15) is 6.04 Å². The smallest absolute Gasteiger partial charge is 0.326 e. The van der Waals surface area contributed by atoms with Crippen molar-refractivity contribution in [2.75, 3.05) is 0 Å². The van der Waals surface area contributed by atoms with Crippen LogP contribution in [-0.2, 0) is 17.8 Å². The van der Waals surface area contributed by atoms with Crippen LogP contribution in [0.25, 0.3) is 6.08 Å². The Kier molecular flexibility index (Phi) is 7.66. The summed E-state index contributed by atoms with van der Waals surface area (Å²) in [5, 5.41) is 10.5. The highest BCUT2D eigenvalue weighted by molar-refractivity contribution is 9.10. The Morgan fingerprint density at radius 3 is 2.39 bits per heavy atom. The SMILES string of the molecule is C=Cc1cc(Cl)ccc1C(=O)N(Cc1cccc(Br)c1)[C@@H](Cc1ccccc1)C(=O)O. The second kappa shape index (κ2) is 10.4. The molecule has 158 valence electrons. The minimum absolute atomic E-state index is 0.140. The van der Waals surface area contributed by atoms with Crippen LogP contribution in [0.2, 0.25) is 5.02 Å². The zero-order valence-corrected chi connectivity index (χ0v) is 19.0. The average Bonchev–Trinajstić information content (AvgIpc) is 2.76. The molecule has 0 aliphatic heterocycles. The summed E-state index contributed by atoms with van der Waals surface area (Å²) >= 11 is 9.51. The van der Waals surface area contributed by atoms with E-state index in [9.17, 15) is 14.7 Å². The van der Waals surface area contributed by atoms with Gasteiger partial charge < -0.3 is 10.0 Å². The van der Waals surface area contributed by atoms with Crippen LogP contribution in [0.1, 0.15) is 27.0 Å². The van der Waals surface area contributed by atoms with E-state index in [-0.39, 0.29) is 13.0 Å². The zero-order chi connectivity index (χ0) is 22.4. The highest BCUT2D eigenvalue weighted by Gasteiger charge is 2.31. The van der Waals surface area contributed by atoms with E-state index in [2.05, 4.69) is 22.5 Å². The monoisotopic (exact) mass is 497 g/mol. The van der Waals surface area contributed by atoms with Gasteiger partial charge in [0.15, 0.2) is 0 Å². The number of aliphatic carboxylic acids is 1. The first-order valence-corrected chi connectivity index (χ1v) is 10.8. The Morgan fingerprint density at radius 2 is 1.74 bits per heavy atom. The fraction of sp³-hybridized carbons (Fsp3) is 0.120. The van der Waals surface area contributed by atoms with Crippen LogP contribution < -0.4 is 0 Å². The van der Waals surface area contributed by atoms with Crippen LogP contribution in [0.4, 0.5) is 0 Å². The molecule has 0 aliphatic rings. The molecule has 0 aromatic heterocycles. The quantitative estimate of drug-likeness (QED) is 0.409. The van der Waals surface area contributed by atoms with Crippen LogP contribution >= 0.6 is 27.5 Å². The van der Waals surface area contributed by atoms with Gasteiger partial charge in [0.05, 0.1) is 0 Å². The van der Waals surface area contributed by atoms with Gasteiger partial charge in [0.25, 0.3) is 5.91 Å². The fourth-order valence-electron chi connectivity index (χ4n) is 3.38. The molecule has 0 fully saturated rings. The van der Waals surface area contributed by atoms with Gasteiger partial charge in [0, 0.05) is 28.0 Å². The molecular formula is C25H21BrClNO3. The molecule has 0 aliphatic carbocycles. The summed E-state index contributed by atoms with van der Waals surface area (Å²) in [7, 11) is 0. The van der Waals surface area contributed by atoms with Crippen molar-refractivity contribution in [1.29, 1.82) is 0 Å². The largest absolute Gasteiger partial charge is 0.480 e.